The van der Waals surface area contributed by atoms with Crippen LogP contribution < -0.4 is 0 Å². The van der Waals surface area contributed by atoms with E-state index in [9.17, 15) is 15.3 Å². The van der Waals surface area contributed by atoms with E-state index in [1.807, 2.05) is 18.4 Å². The molecule has 3 unspecified atom stereocenters. The highest BCUT2D eigenvalue weighted by atomic mass is 16.6. The highest BCUT2D eigenvalue weighted by Gasteiger charge is 2.48. The number of oxime groups is 1. The summed E-state index contributed by atoms with van der Waals surface area (Å²) in [6.45, 7) is 3.93. The van der Waals surface area contributed by atoms with Crippen LogP contribution in [0.4, 0.5) is 5.82 Å². The van der Waals surface area contributed by atoms with Gasteiger partial charge in [-0.1, -0.05) is 19.0 Å². The van der Waals surface area contributed by atoms with Gasteiger partial charge < -0.3 is 15.3 Å². The lowest BCUT2D eigenvalue weighted by molar-refractivity contribution is -0.389. The summed E-state index contributed by atoms with van der Waals surface area (Å²) < 4.78 is 1.86. The molecule has 20 heavy (non-hydrogen) atoms. The first-order valence-corrected chi connectivity index (χ1v) is 6.98. The smallest absolute Gasteiger partial charge is 0.381 e. The van der Waals surface area contributed by atoms with Gasteiger partial charge in [-0.2, -0.15) is 0 Å². The van der Waals surface area contributed by atoms with Crippen molar-refractivity contribution in [2.75, 3.05) is 0 Å². The molecule has 0 aliphatic heterocycles. The molecule has 0 saturated heterocycles. The third kappa shape index (κ3) is 1.80. The van der Waals surface area contributed by atoms with E-state index >= 15 is 0 Å². The number of hydrogen-bond acceptors (Lipinski definition) is 5. The normalized spacial score (nSPS) is 30.6. The van der Waals surface area contributed by atoms with Crippen molar-refractivity contribution in [2.24, 2.45) is 17.0 Å². The van der Waals surface area contributed by atoms with Gasteiger partial charge in [0.05, 0.1) is 11.8 Å². The highest BCUT2D eigenvalue weighted by molar-refractivity contribution is 5.93. The van der Waals surface area contributed by atoms with Crippen LogP contribution in [0.5, 0.6) is 0 Å². The fraction of sp³-hybridized carbons (Fsp3) is 0.692. The molecule has 1 N–H and O–H groups in total. The Morgan fingerprint density at radius 3 is 2.90 bits per heavy atom. The maximum atomic E-state index is 11.0. The van der Waals surface area contributed by atoms with Crippen LogP contribution in [0.15, 0.2) is 11.4 Å². The molecule has 7 nitrogen and oxygen atoms in total. The van der Waals surface area contributed by atoms with Crippen molar-refractivity contribution < 1.29 is 10.1 Å². The third-order valence-corrected chi connectivity index (χ3v) is 4.51. The number of fused-ring (bicyclic) bond motifs is 2. The number of nitro groups is 1. The van der Waals surface area contributed by atoms with Crippen molar-refractivity contribution in [3.8, 4) is 0 Å². The van der Waals surface area contributed by atoms with Crippen LogP contribution in [0.25, 0.3) is 0 Å². The van der Waals surface area contributed by atoms with Gasteiger partial charge in [0.15, 0.2) is 0 Å². The lowest BCUT2D eigenvalue weighted by atomic mass is 9.92. The van der Waals surface area contributed by atoms with Gasteiger partial charge in [-0.15, -0.1) is 0 Å². The minimum absolute atomic E-state index is 0.0719. The molecular weight excluding hydrogens is 260 g/mol. The van der Waals surface area contributed by atoms with Gasteiger partial charge in [-0.3, -0.25) is 4.57 Å². The summed E-state index contributed by atoms with van der Waals surface area (Å²) in [6, 6.07) is -0.0719. The van der Waals surface area contributed by atoms with Gasteiger partial charge in [0.2, 0.25) is 5.82 Å². The summed E-state index contributed by atoms with van der Waals surface area (Å²) >= 11 is 0. The van der Waals surface area contributed by atoms with E-state index < -0.39 is 4.92 Å². The first-order valence-electron chi connectivity index (χ1n) is 6.98. The molecule has 2 aliphatic carbocycles. The zero-order chi connectivity index (χ0) is 14.4. The van der Waals surface area contributed by atoms with E-state index in [2.05, 4.69) is 10.1 Å². The van der Waals surface area contributed by atoms with Crippen LogP contribution in [-0.4, -0.2) is 25.4 Å². The topological polar surface area (TPSA) is 93.5 Å². The zero-order valence-corrected chi connectivity index (χ0v) is 11.6. The maximum absolute atomic E-state index is 11.0. The predicted octanol–water partition coefficient (Wildman–Crippen LogP) is 2.72. The van der Waals surface area contributed by atoms with E-state index in [4.69, 9.17) is 0 Å². The van der Waals surface area contributed by atoms with Crippen LogP contribution in [0.1, 0.15) is 50.9 Å². The van der Waals surface area contributed by atoms with Crippen molar-refractivity contribution in [1.29, 1.82) is 0 Å². The summed E-state index contributed by atoms with van der Waals surface area (Å²) in [6.07, 6.45) is 4.63. The molecule has 3 atom stereocenters. The third-order valence-electron chi connectivity index (χ3n) is 4.51. The summed E-state index contributed by atoms with van der Waals surface area (Å²) in [7, 11) is 0. The molecule has 2 aliphatic rings. The van der Waals surface area contributed by atoms with Crippen LogP contribution in [0, 0.1) is 22.0 Å². The Kier molecular flexibility index (Phi) is 2.99. The number of nitrogens with zero attached hydrogens (tertiary/aromatic N) is 4. The van der Waals surface area contributed by atoms with Crippen LogP contribution in [-0.2, 0) is 0 Å². The second kappa shape index (κ2) is 4.57. The number of rotatable bonds is 3. The quantitative estimate of drug-likeness (QED) is 0.522. The lowest BCUT2D eigenvalue weighted by Gasteiger charge is -2.24. The van der Waals surface area contributed by atoms with E-state index in [0.717, 1.165) is 25.0 Å². The summed E-state index contributed by atoms with van der Waals surface area (Å²) in [5, 5.41) is 23.7. The molecule has 2 fully saturated rings. The van der Waals surface area contributed by atoms with Crippen molar-refractivity contribution >= 4 is 11.5 Å². The maximum Gasteiger partial charge on any atom is 0.381 e. The molecule has 3 rings (SSSR count). The molecule has 0 spiro atoms. The Bertz CT molecular complexity index is 578. The van der Waals surface area contributed by atoms with Gasteiger partial charge in [-0.05, 0) is 35.1 Å². The van der Waals surface area contributed by atoms with Gasteiger partial charge in [0, 0.05) is 11.8 Å². The number of imidazole rings is 1. The molecule has 2 saturated carbocycles. The fourth-order valence-electron chi connectivity index (χ4n) is 3.70. The van der Waals surface area contributed by atoms with Gasteiger partial charge in [0.25, 0.3) is 0 Å². The standard InChI is InChI=1S/C13H18N4O3/c1-7(2)13-14-10(17(19)20)6-16(13)12-9-4-3-8(5-9)11(12)15-18/h6-9,12,18H,3-5H2,1-2H3/b15-11+. The van der Waals surface area contributed by atoms with Crippen LogP contribution in [0.2, 0.25) is 0 Å². The number of aromatic nitrogens is 2. The second-order valence-corrected chi connectivity index (χ2v) is 6.02. The summed E-state index contributed by atoms with van der Waals surface area (Å²) in [5.41, 5.74) is 0.760. The number of hydrogen-bond donors (Lipinski definition) is 1. The summed E-state index contributed by atoms with van der Waals surface area (Å²) in [4.78, 5) is 14.6. The predicted molar refractivity (Wildman–Crippen MR) is 72.1 cm³/mol. The molecule has 0 radical (unpaired) electrons. The molecule has 1 heterocycles. The molecule has 2 bridgehead atoms. The van der Waals surface area contributed by atoms with Crippen LogP contribution in [0.3, 0.4) is 0 Å². The Hall–Kier alpha value is -1.92. The minimum Gasteiger partial charge on any atom is -0.411 e. The Labute approximate surface area is 116 Å². The van der Waals surface area contributed by atoms with Gasteiger partial charge >= 0.3 is 5.82 Å². The van der Waals surface area contributed by atoms with Crippen molar-refractivity contribution in [3.63, 3.8) is 0 Å². The summed E-state index contributed by atoms with van der Waals surface area (Å²) in [5.74, 6) is 1.36. The van der Waals surface area contributed by atoms with E-state index in [-0.39, 0.29) is 17.8 Å². The average molecular weight is 278 g/mol. The molecule has 7 heteroatoms. The van der Waals surface area contributed by atoms with Crippen molar-refractivity contribution in [2.45, 2.75) is 45.1 Å². The SMILES string of the molecule is CC(C)c1nc([N+](=O)[O-])cn1C1/C(=N/O)C2CCC1C2. The van der Waals surface area contributed by atoms with Gasteiger partial charge in [0.1, 0.15) is 6.20 Å². The largest absolute Gasteiger partial charge is 0.411 e. The average Bonchev–Trinajstić information content (AvgIpc) is 3.10. The molecule has 0 aromatic carbocycles. The Balaban J connectivity index is 2.07. The van der Waals surface area contributed by atoms with E-state index in [1.165, 1.54) is 6.20 Å². The lowest BCUT2D eigenvalue weighted by Crippen LogP contribution is -2.27. The fourth-order valence-corrected chi connectivity index (χ4v) is 3.70. The van der Waals surface area contributed by atoms with Gasteiger partial charge in [-0.25, -0.2) is 0 Å². The van der Waals surface area contributed by atoms with Crippen molar-refractivity contribution in [3.05, 3.63) is 22.1 Å². The first kappa shape index (κ1) is 13.1. The molecule has 1 aromatic rings. The van der Waals surface area contributed by atoms with E-state index in [1.54, 1.807) is 0 Å². The second-order valence-electron chi connectivity index (χ2n) is 6.02. The molecular formula is C13H18N4O3. The zero-order valence-electron chi connectivity index (χ0n) is 11.6. The Morgan fingerprint density at radius 1 is 1.55 bits per heavy atom. The van der Waals surface area contributed by atoms with E-state index in [0.29, 0.717) is 17.7 Å². The monoisotopic (exact) mass is 278 g/mol. The molecule has 0 amide bonds. The highest BCUT2D eigenvalue weighted by Crippen LogP contribution is 2.49. The first-order chi connectivity index (χ1) is 9.52. The molecule has 108 valence electrons. The van der Waals surface area contributed by atoms with Crippen molar-refractivity contribution in [1.82, 2.24) is 9.55 Å². The Morgan fingerprint density at radius 2 is 2.30 bits per heavy atom. The van der Waals surface area contributed by atoms with Crippen LogP contribution >= 0.6 is 0 Å². The molecule has 1 aromatic heterocycles. The minimum atomic E-state index is -0.467.